The van der Waals surface area contributed by atoms with E-state index in [4.69, 9.17) is 5.11 Å². The van der Waals surface area contributed by atoms with Crippen LogP contribution in [0.5, 0.6) is 0 Å². The summed E-state index contributed by atoms with van der Waals surface area (Å²) in [6.45, 7) is 0. The highest BCUT2D eigenvalue weighted by Crippen LogP contribution is 2.42. The standard InChI is InChI=1S/C11H5BrF6O2/c12-9-5(1-4-8(19)20)6(10(13,14)15)2-3-7(9)11(16,17)18/h1-4H,(H,19,20)/b4-1+. The first kappa shape index (κ1) is 16.5. The molecule has 1 aromatic rings. The Labute approximate surface area is 116 Å². The van der Waals surface area contributed by atoms with E-state index in [9.17, 15) is 31.1 Å². The number of carboxylic acid groups (broad SMARTS) is 1. The lowest BCUT2D eigenvalue weighted by atomic mass is 10.0. The van der Waals surface area contributed by atoms with Gasteiger partial charge in [-0.25, -0.2) is 4.79 Å². The second-order valence-electron chi connectivity index (χ2n) is 3.56. The van der Waals surface area contributed by atoms with Gasteiger partial charge in [-0.05, 0) is 34.1 Å². The molecule has 0 bridgehead atoms. The molecule has 0 unspecified atom stereocenters. The third-order valence-corrected chi connectivity index (χ3v) is 3.04. The molecule has 0 radical (unpaired) electrons. The minimum absolute atomic E-state index is 0.259. The first-order chi connectivity index (χ1) is 8.94. The molecule has 0 saturated carbocycles. The van der Waals surface area contributed by atoms with Crippen LogP contribution in [0.25, 0.3) is 6.08 Å². The van der Waals surface area contributed by atoms with Crippen LogP contribution in [-0.2, 0) is 17.1 Å². The lowest BCUT2D eigenvalue weighted by Gasteiger charge is -2.16. The van der Waals surface area contributed by atoms with Crippen molar-refractivity contribution in [3.8, 4) is 0 Å². The van der Waals surface area contributed by atoms with Crippen molar-refractivity contribution in [2.45, 2.75) is 12.4 Å². The molecule has 0 spiro atoms. The molecule has 0 aliphatic heterocycles. The molecule has 110 valence electrons. The highest BCUT2D eigenvalue weighted by Gasteiger charge is 2.39. The van der Waals surface area contributed by atoms with Crippen molar-refractivity contribution >= 4 is 28.0 Å². The van der Waals surface area contributed by atoms with Gasteiger partial charge in [0.05, 0.1) is 11.1 Å². The van der Waals surface area contributed by atoms with Crippen LogP contribution in [0.15, 0.2) is 22.7 Å². The summed E-state index contributed by atoms with van der Waals surface area (Å²) in [5.41, 5.74) is -3.58. The number of hydrogen-bond donors (Lipinski definition) is 1. The van der Waals surface area contributed by atoms with E-state index < -0.39 is 39.5 Å². The van der Waals surface area contributed by atoms with E-state index in [1.807, 2.05) is 0 Å². The van der Waals surface area contributed by atoms with Crippen molar-refractivity contribution in [1.82, 2.24) is 0 Å². The number of carboxylic acids is 1. The van der Waals surface area contributed by atoms with E-state index in [2.05, 4.69) is 15.9 Å². The predicted molar refractivity (Wildman–Crippen MR) is 60.8 cm³/mol. The van der Waals surface area contributed by atoms with Gasteiger partial charge in [0, 0.05) is 16.1 Å². The zero-order chi connectivity index (χ0) is 15.7. The molecule has 0 aromatic heterocycles. The lowest BCUT2D eigenvalue weighted by Crippen LogP contribution is -2.12. The molecule has 0 heterocycles. The fraction of sp³-hybridized carbons (Fsp3) is 0.182. The average Bonchev–Trinajstić information content (AvgIpc) is 2.23. The van der Waals surface area contributed by atoms with Crippen LogP contribution < -0.4 is 0 Å². The molecule has 0 aliphatic carbocycles. The quantitative estimate of drug-likeness (QED) is 0.617. The molecule has 0 saturated heterocycles. The Bertz CT molecular complexity index is 559. The van der Waals surface area contributed by atoms with Crippen LogP contribution in [0.3, 0.4) is 0 Å². The van der Waals surface area contributed by atoms with Crippen molar-refractivity contribution in [2.24, 2.45) is 0 Å². The van der Waals surface area contributed by atoms with Gasteiger partial charge >= 0.3 is 18.3 Å². The summed E-state index contributed by atoms with van der Waals surface area (Å²) >= 11 is 2.45. The molecule has 0 fully saturated rings. The second-order valence-corrected chi connectivity index (χ2v) is 4.35. The Morgan fingerprint density at radius 1 is 1.05 bits per heavy atom. The van der Waals surface area contributed by atoms with Crippen LogP contribution in [0.1, 0.15) is 16.7 Å². The number of aliphatic carboxylic acids is 1. The Morgan fingerprint density at radius 3 is 1.90 bits per heavy atom. The predicted octanol–water partition coefficient (Wildman–Crippen LogP) is 4.58. The summed E-state index contributed by atoms with van der Waals surface area (Å²) in [6.07, 6.45) is -8.99. The first-order valence-corrected chi connectivity index (χ1v) is 5.61. The average molecular weight is 363 g/mol. The monoisotopic (exact) mass is 362 g/mol. The van der Waals surface area contributed by atoms with Crippen LogP contribution in [-0.4, -0.2) is 11.1 Å². The Morgan fingerprint density at radius 2 is 1.50 bits per heavy atom. The highest BCUT2D eigenvalue weighted by atomic mass is 79.9. The normalized spacial score (nSPS) is 12.9. The van der Waals surface area contributed by atoms with E-state index in [0.717, 1.165) is 0 Å². The minimum Gasteiger partial charge on any atom is -0.478 e. The van der Waals surface area contributed by atoms with Crippen LogP contribution in [0.4, 0.5) is 26.3 Å². The number of alkyl halides is 6. The summed E-state index contributed by atoms with van der Waals surface area (Å²) in [6, 6.07) is 0.542. The van der Waals surface area contributed by atoms with Gasteiger partial charge in [-0.15, -0.1) is 0 Å². The molecule has 2 nitrogen and oxygen atoms in total. The SMILES string of the molecule is O=C(O)/C=C/c1c(C(F)(F)F)ccc(C(F)(F)F)c1Br. The van der Waals surface area contributed by atoms with Crippen LogP contribution in [0, 0.1) is 0 Å². The van der Waals surface area contributed by atoms with Crippen LogP contribution in [0.2, 0.25) is 0 Å². The fourth-order valence-corrected chi connectivity index (χ4v) is 2.08. The van der Waals surface area contributed by atoms with Gasteiger partial charge in [0.25, 0.3) is 0 Å². The third-order valence-electron chi connectivity index (χ3n) is 2.18. The second kappa shape index (κ2) is 5.47. The molecule has 1 N–H and O–H groups in total. The number of benzene rings is 1. The van der Waals surface area contributed by atoms with Gasteiger partial charge in [-0.1, -0.05) is 0 Å². The third kappa shape index (κ3) is 3.75. The van der Waals surface area contributed by atoms with Crippen molar-refractivity contribution in [3.63, 3.8) is 0 Å². The largest absolute Gasteiger partial charge is 0.478 e. The first-order valence-electron chi connectivity index (χ1n) is 4.82. The number of halogens is 7. The molecule has 0 atom stereocenters. The van der Waals surface area contributed by atoms with Gasteiger partial charge in [-0.2, -0.15) is 26.3 Å². The molecule has 0 aliphatic rings. The highest BCUT2D eigenvalue weighted by molar-refractivity contribution is 9.10. The van der Waals surface area contributed by atoms with Crippen molar-refractivity contribution < 1.29 is 36.2 Å². The zero-order valence-electron chi connectivity index (χ0n) is 9.31. The molecule has 0 amide bonds. The maximum absolute atomic E-state index is 12.7. The number of rotatable bonds is 2. The van der Waals surface area contributed by atoms with E-state index in [1.165, 1.54) is 0 Å². The summed E-state index contributed by atoms with van der Waals surface area (Å²) in [5.74, 6) is -1.58. The van der Waals surface area contributed by atoms with Crippen molar-refractivity contribution in [1.29, 1.82) is 0 Å². The van der Waals surface area contributed by atoms with Gasteiger partial charge in [-0.3, -0.25) is 0 Å². The lowest BCUT2D eigenvalue weighted by molar-refractivity contribution is -0.142. The van der Waals surface area contributed by atoms with Gasteiger partial charge in [0.2, 0.25) is 0 Å². The van der Waals surface area contributed by atoms with E-state index >= 15 is 0 Å². The Hall–Kier alpha value is -1.51. The van der Waals surface area contributed by atoms with Crippen molar-refractivity contribution in [3.05, 3.63) is 39.4 Å². The van der Waals surface area contributed by atoms with Gasteiger partial charge in [0.1, 0.15) is 0 Å². The Kier molecular flexibility index (Phi) is 4.52. The van der Waals surface area contributed by atoms with Gasteiger partial charge < -0.3 is 5.11 Å². The van der Waals surface area contributed by atoms with E-state index in [1.54, 1.807) is 0 Å². The fourth-order valence-electron chi connectivity index (χ4n) is 1.38. The van der Waals surface area contributed by atoms with Crippen molar-refractivity contribution in [2.75, 3.05) is 0 Å². The molecule has 20 heavy (non-hydrogen) atoms. The topological polar surface area (TPSA) is 37.3 Å². The van der Waals surface area contributed by atoms with Gasteiger partial charge in [0.15, 0.2) is 0 Å². The molecule has 9 heteroatoms. The van der Waals surface area contributed by atoms with Crippen LogP contribution >= 0.6 is 15.9 Å². The Balaban J connectivity index is 3.59. The van der Waals surface area contributed by atoms with E-state index in [0.29, 0.717) is 12.2 Å². The summed E-state index contributed by atoms with van der Waals surface area (Å²) in [7, 11) is 0. The number of carbonyl (C=O) groups is 1. The minimum atomic E-state index is -4.91. The smallest absolute Gasteiger partial charge is 0.417 e. The zero-order valence-corrected chi connectivity index (χ0v) is 10.9. The van der Waals surface area contributed by atoms with E-state index in [-0.39, 0.29) is 12.1 Å². The molecular formula is C11H5BrF6O2. The maximum Gasteiger partial charge on any atom is 0.417 e. The maximum atomic E-state index is 12.7. The molecule has 1 rings (SSSR count). The summed E-state index contributed by atoms with van der Waals surface area (Å²) in [4.78, 5) is 10.3. The summed E-state index contributed by atoms with van der Waals surface area (Å²) < 4.78 is 75.0. The number of hydrogen-bond acceptors (Lipinski definition) is 1. The molecule has 1 aromatic carbocycles. The summed E-state index contributed by atoms with van der Waals surface area (Å²) in [5, 5.41) is 8.38. The molecular weight excluding hydrogens is 358 g/mol.